The topological polar surface area (TPSA) is 50.9 Å². The van der Waals surface area contributed by atoms with Gasteiger partial charge < -0.3 is 9.67 Å². The van der Waals surface area contributed by atoms with Crippen molar-refractivity contribution in [2.24, 2.45) is 0 Å². The summed E-state index contributed by atoms with van der Waals surface area (Å²) in [6, 6.07) is 17.7. The minimum Gasteiger partial charge on any atom is -0.395 e. The molecule has 4 nitrogen and oxygen atoms in total. The first-order valence-electron chi connectivity index (χ1n) is 10.4. The van der Waals surface area contributed by atoms with Crippen LogP contribution < -0.4 is 0 Å². The molecule has 5 heteroatoms. The Kier molecular flexibility index (Phi) is 4.56. The van der Waals surface area contributed by atoms with Crippen LogP contribution in [0.3, 0.4) is 0 Å². The van der Waals surface area contributed by atoms with E-state index in [0.29, 0.717) is 0 Å². The average Bonchev–Trinajstić information content (AvgIpc) is 3.49. The summed E-state index contributed by atoms with van der Waals surface area (Å²) in [6.07, 6.45) is 3.02. The summed E-state index contributed by atoms with van der Waals surface area (Å²) >= 11 is 1.85. The van der Waals surface area contributed by atoms with Gasteiger partial charge in [0.2, 0.25) is 0 Å². The predicted molar refractivity (Wildman–Crippen MR) is 118 cm³/mol. The minimum absolute atomic E-state index is 0.00167. The second-order valence-electron chi connectivity index (χ2n) is 8.75. The maximum Gasteiger partial charge on any atom is 0.143 e. The summed E-state index contributed by atoms with van der Waals surface area (Å²) in [5.41, 5.74) is 5.13. The fraction of sp³-hybridized carbons (Fsp3) is 0.417. The monoisotopic (exact) mass is 405 g/mol. The number of aromatic nitrogens is 3. The van der Waals surface area contributed by atoms with Crippen molar-refractivity contribution in [1.82, 2.24) is 14.8 Å². The van der Waals surface area contributed by atoms with Crippen molar-refractivity contribution < 1.29 is 5.11 Å². The molecule has 0 amide bonds. The number of aliphatic hydroxyl groups is 1. The lowest BCUT2D eigenvalue weighted by atomic mass is 9.92. The molecule has 1 unspecified atom stereocenters. The highest BCUT2D eigenvalue weighted by molar-refractivity contribution is 8.00. The van der Waals surface area contributed by atoms with Crippen molar-refractivity contribution in [3.8, 4) is 11.1 Å². The average molecular weight is 406 g/mol. The molecular formula is C24H27N3OS. The Labute approximate surface area is 176 Å². The molecule has 1 N–H and O–H groups in total. The molecule has 150 valence electrons. The molecule has 1 saturated carbocycles. The van der Waals surface area contributed by atoms with Gasteiger partial charge in [-0.2, -0.15) is 11.8 Å². The van der Waals surface area contributed by atoms with Crippen molar-refractivity contribution >= 4 is 11.8 Å². The number of aryl methyl sites for hydroxylation is 1. The summed E-state index contributed by atoms with van der Waals surface area (Å²) in [7, 11) is 0. The molecule has 0 radical (unpaired) electrons. The smallest absolute Gasteiger partial charge is 0.143 e. The molecule has 3 aromatic rings. The third kappa shape index (κ3) is 3.30. The SMILES string of the molecule is Cc1ccc(-c2ccc(C3(c4nnc5n4CCSC(C)(CO)C5)CC3)cc2)cc1. The van der Waals surface area contributed by atoms with Crippen molar-refractivity contribution in [1.29, 1.82) is 0 Å². The van der Waals surface area contributed by atoms with Gasteiger partial charge in [0.15, 0.2) is 0 Å². The number of rotatable bonds is 4. The van der Waals surface area contributed by atoms with Crippen molar-refractivity contribution in [2.45, 2.75) is 49.8 Å². The summed E-state index contributed by atoms with van der Waals surface area (Å²) in [4.78, 5) is 0. The highest BCUT2D eigenvalue weighted by Crippen LogP contribution is 2.53. The molecular weight excluding hydrogens is 378 g/mol. The van der Waals surface area contributed by atoms with Gasteiger partial charge >= 0.3 is 0 Å². The second kappa shape index (κ2) is 6.99. The van der Waals surface area contributed by atoms with Crippen LogP contribution in [0.15, 0.2) is 48.5 Å². The molecule has 1 atom stereocenters. The molecule has 1 fully saturated rings. The number of hydrogen-bond acceptors (Lipinski definition) is 4. The van der Waals surface area contributed by atoms with Crippen LogP contribution in [-0.2, 0) is 18.4 Å². The van der Waals surface area contributed by atoms with Crippen molar-refractivity contribution in [3.63, 3.8) is 0 Å². The van der Waals surface area contributed by atoms with Crippen LogP contribution in [0.5, 0.6) is 0 Å². The van der Waals surface area contributed by atoms with Gasteiger partial charge in [-0.25, -0.2) is 0 Å². The number of aliphatic hydroxyl groups excluding tert-OH is 1. The molecule has 1 aliphatic carbocycles. The van der Waals surface area contributed by atoms with Crippen LogP contribution in [0.25, 0.3) is 11.1 Å². The van der Waals surface area contributed by atoms with Crippen molar-refractivity contribution in [3.05, 3.63) is 71.3 Å². The number of benzene rings is 2. The van der Waals surface area contributed by atoms with Crippen LogP contribution in [0.2, 0.25) is 0 Å². The molecule has 1 aliphatic heterocycles. The molecule has 2 heterocycles. The lowest BCUT2D eigenvalue weighted by Crippen LogP contribution is -2.28. The lowest BCUT2D eigenvalue weighted by molar-refractivity contribution is 0.254. The zero-order valence-electron chi connectivity index (χ0n) is 17.1. The first kappa shape index (κ1) is 18.9. The highest BCUT2D eigenvalue weighted by atomic mass is 32.2. The van der Waals surface area contributed by atoms with Gasteiger partial charge in [-0.3, -0.25) is 0 Å². The lowest BCUT2D eigenvalue weighted by Gasteiger charge is -2.23. The summed E-state index contributed by atoms with van der Waals surface area (Å²) in [5.74, 6) is 3.11. The Hall–Kier alpha value is -2.11. The van der Waals surface area contributed by atoms with E-state index in [1.54, 1.807) is 0 Å². The quantitative estimate of drug-likeness (QED) is 0.700. The van der Waals surface area contributed by atoms with E-state index >= 15 is 0 Å². The van der Waals surface area contributed by atoms with Crippen LogP contribution in [0, 0.1) is 6.92 Å². The van der Waals surface area contributed by atoms with Gasteiger partial charge in [-0.1, -0.05) is 54.1 Å². The number of hydrogen-bond donors (Lipinski definition) is 1. The molecule has 1 aromatic heterocycles. The maximum absolute atomic E-state index is 9.81. The van der Waals surface area contributed by atoms with E-state index in [4.69, 9.17) is 0 Å². The first-order valence-corrected chi connectivity index (χ1v) is 11.4. The van der Waals surface area contributed by atoms with E-state index in [0.717, 1.165) is 43.2 Å². The van der Waals surface area contributed by atoms with E-state index in [-0.39, 0.29) is 16.8 Å². The molecule has 2 aliphatic rings. The first-order chi connectivity index (χ1) is 14.0. The number of thioether (sulfide) groups is 1. The molecule has 5 rings (SSSR count). The molecule has 0 spiro atoms. The Bertz CT molecular complexity index is 1020. The van der Waals surface area contributed by atoms with Gasteiger partial charge in [-0.15, -0.1) is 10.2 Å². The van der Waals surface area contributed by atoms with Gasteiger partial charge in [0.05, 0.1) is 12.0 Å². The Morgan fingerprint density at radius 3 is 2.28 bits per heavy atom. The standard InChI is InChI=1S/C24H27N3OS/c1-17-3-5-18(6-4-17)19-7-9-20(10-8-19)24(11-12-24)22-26-25-21-15-23(2,16-28)29-14-13-27(21)22/h3-10,28H,11-16H2,1-2H3. The summed E-state index contributed by atoms with van der Waals surface area (Å²) in [5, 5.41) is 19.0. The largest absolute Gasteiger partial charge is 0.395 e. The Balaban J connectivity index is 1.46. The fourth-order valence-electron chi connectivity index (χ4n) is 4.42. The Morgan fingerprint density at radius 1 is 1.00 bits per heavy atom. The predicted octanol–water partition coefficient (Wildman–Crippen LogP) is 4.37. The van der Waals surface area contributed by atoms with Gasteiger partial charge in [0.25, 0.3) is 0 Å². The summed E-state index contributed by atoms with van der Waals surface area (Å²) < 4.78 is 2.17. The van der Waals surface area contributed by atoms with Gasteiger partial charge in [0.1, 0.15) is 11.6 Å². The van der Waals surface area contributed by atoms with E-state index in [9.17, 15) is 5.11 Å². The van der Waals surface area contributed by atoms with E-state index in [1.165, 1.54) is 22.3 Å². The Morgan fingerprint density at radius 2 is 1.66 bits per heavy atom. The van der Waals surface area contributed by atoms with E-state index in [2.05, 4.69) is 77.1 Å². The fourth-order valence-corrected chi connectivity index (χ4v) is 5.51. The van der Waals surface area contributed by atoms with Gasteiger partial charge in [0, 0.05) is 23.5 Å². The second-order valence-corrected chi connectivity index (χ2v) is 10.4. The van der Waals surface area contributed by atoms with Crippen molar-refractivity contribution in [2.75, 3.05) is 12.4 Å². The zero-order valence-corrected chi connectivity index (χ0v) is 17.9. The highest BCUT2D eigenvalue weighted by Gasteiger charge is 2.50. The number of fused-ring (bicyclic) bond motifs is 1. The zero-order chi connectivity index (χ0) is 20.1. The van der Waals surface area contributed by atoms with E-state index < -0.39 is 0 Å². The number of nitrogens with zero attached hydrogens (tertiary/aromatic N) is 3. The normalized spacial score (nSPS) is 22.7. The molecule has 29 heavy (non-hydrogen) atoms. The minimum atomic E-state index is -0.162. The van der Waals surface area contributed by atoms with Crippen LogP contribution in [0.4, 0.5) is 0 Å². The van der Waals surface area contributed by atoms with E-state index in [1.807, 2.05) is 11.8 Å². The van der Waals surface area contributed by atoms with Crippen LogP contribution in [-0.4, -0.2) is 37.0 Å². The third-order valence-corrected chi connectivity index (χ3v) is 7.82. The third-order valence-electron chi connectivity index (χ3n) is 6.46. The maximum atomic E-state index is 9.81. The molecule has 2 aromatic carbocycles. The van der Waals surface area contributed by atoms with Crippen LogP contribution >= 0.6 is 11.8 Å². The van der Waals surface area contributed by atoms with Crippen LogP contribution in [0.1, 0.15) is 42.5 Å². The van der Waals surface area contributed by atoms with Gasteiger partial charge in [-0.05, 0) is 43.4 Å². The summed E-state index contributed by atoms with van der Waals surface area (Å²) in [6.45, 7) is 5.33. The molecule has 0 bridgehead atoms. The molecule has 0 saturated heterocycles.